The van der Waals surface area contributed by atoms with Crippen LogP contribution in [-0.4, -0.2) is 96.7 Å². The van der Waals surface area contributed by atoms with Gasteiger partial charge in [0.05, 0.1) is 26.4 Å². The summed E-state index contributed by atoms with van der Waals surface area (Å²) in [4.78, 5) is 72.2. The van der Waals surface area contributed by atoms with Crippen LogP contribution in [0.25, 0.3) is 0 Å². The van der Waals surface area contributed by atoms with Crippen molar-refractivity contribution < 1.29 is 80.2 Å². The first-order valence-corrected chi connectivity index (χ1v) is 39.1. The second-order valence-corrected chi connectivity index (χ2v) is 28.3. The second-order valence-electron chi connectivity index (χ2n) is 25.4. The lowest BCUT2D eigenvalue weighted by Gasteiger charge is -2.21. The molecule has 0 bridgehead atoms. The van der Waals surface area contributed by atoms with Gasteiger partial charge in [-0.25, -0.2) is 9.13 Å². The number of hydrogen-bond donors (Lipinski definition) is 3. The molecule has 0 heterocycles. The Morgan fingerprint density at radius 3 is 0.773 bits per heavy atom. The molecule has 0 saturated carbocycles. The van der Waals surface area contributed by atoms with E-state index in [0.717, 1.165) is 102 Å². The third kappa shape index (κ3) is 62.8. The number of rotatable bonds is 69. The van der Waals surface area contributed by atoms with Gasteiger partial charge < -0.3 is 33.8 Å². The minimum absolute atomic E-state index is 0.104. The number of carbonyl (C=O) groups excluding carboxylic acids is 4. The average molecular weight is 1300 g/mol. The van der Waals surface area contributed by atoms with Crippen LogP contribution >= 0.6 is 15.6 Å². The highest BCUT2D eigenvalue weighted by Crippen LogP contribution is 2.45. The number of esters is 4. The van der Waals surface area contributed by atoms with E-state index >= 15 is 0 Å². The van der Waals surface area contributed by atoms with Gasteiger partial charge in [-0.1, -0.05) is 304 Å². The third-order valence-corrected chi connectivity index (χ3v) is 17.9. The van der Waals surface area contributed by atoms with E-state index in [1.807, 2.05) is 0 Å². The van der Waals surface area contributed by atoms with E-state index in [0.29, 0.717) is 25.7 Å². The van der Waals surface area contributed by atoms with E-state index in [4.69, 9.17) is 37.0 Å². The van der Waals surface area contributed by atoms with Crippen LogP contribution in [0, 0.1) is 5.92 Å². The van der Waals surface area contributed by atoms with Gasteiger partial charge in [0.2, 0.25) is 0 Å². The Morgan fingerprint density at radius 2 is 0.523 bits per heavy atom. The van der Waals surface area contributed by atoms with E-state index in [2.05, 4.69) is 34.6 Å². The molecule has 3 N–H and O–H groups in total. The molecule has 0 saturated heterocycles. The van der Waals surface area contributed by atoms with Crippen molar-refractivity contribution >= 4 is 39.5 Å². The zero-order valence-electron chi connectivity index (χ0n) is 56.9. The number of carbonyl (C=O) groups is 4. The molecule has 0 spiro atoms. The van der Waals surface area contributed by atoms with Crippen LogP contribution in [0.5, 0.6) is 0 Å². The third-order valence-electron chi connectivity index (χ3n) is 16.0. The molecule has 0 fully saturated rings. The molecule has 5 atom stereocenters. The highest BCUT2D eigenvalue weighted by atomic mass is 31.2. The van der Waals surface area contributed by atoms with Gasteiger partial charge in [-0.05, 0) is 31.6 Å². The smallest absolute Gasteiger partial charge is 0.462 e. The summed E-state index contributed by atoms with van der Waals surface area (Å²) in [5, 5.41) is 10.5. The molecule has 522 valence electrons. The number of aliphatic hydroxyl groups excluding tert-OH is 1. The van der Waals surface area contributed by atoms with Gasteiger partial charge in [0.25, 0.3) is 0 Å². The predicted molar refractivity (Wildman–Crippen MR) is 354 cm³/mol. The fraction of sp³-hybridized carbons (Fsp3) is 0.942. The van der Waals surface area contributed by atoms with Crippen LogP contribution in [-0.2, 0) is 65.4 Å². The van der Waals surface area contributed by atoms with Crippen LogP contribution in [0.1, 0.15) is 356 Å². The lowest BCUT2D eigenvalue weighted by atomic mass is 10.0. The fourth-order valence-electron chi connectivity index (χ4n) is 10.5. The van der Waals surface area contributed by atoms with Crippen molar-refractivity contribution in [1.82, 2.24) is 0 Å². The fourth-order valence-corrected chi connectivity index (χ4v) is 12.0. The number of phosphoric ester groups is 2. The quantitative estimate of drug-likeness (QED) is 0.0222. The van der Waals surface area contributed by atoms with Gasteiger partial charge in [0.1, 0.15) is 19.3 Å². The molecular formula is C69H134O17P2. The molecule has 0 aliphatic rings. The van der Waals surface area contributed by atoms with Crippen molar-refractivity contribution in [3.8, 4) is 0 Å². The lowest BCUT2D eigenvalue weighted by Crippen LogP contribution is -2.30. The molecule has 0 aromatic carbocycles. The van der Waals surface area contributed by atoms with Crippen LogP contribution in [0.3, 0.4) is 0 Å². The zero-order valence-corrected chi connectivity index (χ0v) is 58.6. The van der Waals surface area contributed by atoms with E-state index in [9.17, 15) is 43.2 Å². The van der Waals surface area contributed by atoms with Crippen LogP contribution in [0.2, 0.25) is 0 Å². The molecule has 0 amide bonds. The molecule has 2 unspecified atom stereocenters. The number of unbranched alkanes of at least 4 members (excludes halogenated alkanes) is 41. The van der Waals surface area contributed by atoms with Crippen molar-refractivity contribution in [2.24, 2.45) is 5.92 Å². The summed E-state index contributed by atoms with van der Waals surface area (Å²) in [7, 11) is -9.89. The van der Waals surface area contributed by atoms with Gasteiger partial charge in [-0.3, -0.25) is 37.3 Å². The summed E-state index contributed by atoms with van der Waals surface area (Å²) in [5.74, 6) is -1.42. The Kier molecular flexibility index (Phi) is 61.1. The number of phosphoric acid groups is 2. The number of ether oxygens (including phenoxy) is 4. The molecule has 0 aromatic rings. The first kappa shape index (κ1) is 86.1. The minimum Gasteiger partial charge on any atom is -0.462 e. The summed E-state index contributed by atoms with van der Waals surface area (Å²) in [6.45, 7) is 7.11. The monoisotopic (exact) mass is 1300 g/mol. The summed E-state index contributed by atoms with van der Waals surface area (Å²) >= 11 is 0. The predicted octanol–water partition coefficient (Wildman–Crippen LogP) is 19.7. The topological polar surface area (TPSA) is 237 Å². The highest BCUT2D eigenvalue weighted by molar-refractivity contribution is 7.47. The van der Waals surface area contributed by atoms with Gasteiger partial charge in [0, 0.05) is 25.7 Å². The van der Waals surface area contributed by atoms with Crippen LogP contribution in [0.4, 0.5) is 0 Å². The Labute approximate surface area is 537 Å². The molecule has 17 nitrogen and oxygen atoms in total. The standard InChI is InChI=1S/C69H134O17P2/c1-6-9-12-15-17-19-21-23-24-25-26-27-28-30-32-34-39-44-49-54-68(73)86-65(59-80-67(72)53-48-43-38-33-31-29-22-20-18-16-13-10-7-2)61-84-88(77,78)82-57-63(70)56-81-87(75,76)83-60-64(58-79-66(71)52-47-41-14-11-8-3)85-69(74)55-50-45-40-36-35-37-42-46-51-62(4)5/h62-65,70H,6-61H2,1-5H3,(H,75,76)(H,77,78)/t63-,64+,65+/m0/s1. The normalized spacial score (nSPS) is 14.1. The number of hydrogen-bond acceptors (Lipinski definition) is 15. The molecular weight excluding hydrogens is 1160 g/mol. The first-order chi connectivity index (χ1) is 42.5. The van der Waals surface area contributed by atoms with Gasteiger partial charge in [0.15, 0.2) is 12.2 Å². The highest BCUT2D eigenvalue weighted by Gasteiger charge is 2.30. The van der Waals surface area contributed by atoms with E-state index in [1.165, 1.54) is 173 Å². The zero-order chi connectivity index (χ0) is 64.9. The Hall–Kier alpha value is -1.94. The molecule has 0 radical (unpaired) electrons. The lowest BCUT2D eigenvalue weighted by molar-refractivity contribution is -0.161. The van der Waals surface area contributed by atoms with Gasteiger partial charge >= 0.3 is 39.5 Å². The van der Waals surface area contributed by atoms with Crippen molar-refractivity contribution in [3.63, 3.8) is 0 Å². The summed E-state index contributed by atoms with van der Waals surface area (Å²) in [5.41, 5.74) is 0. The number of aliphatic hydroxyl groups is 1. The molecule has 0 aromatic heterocycles. The van der Waals surface area contributed by atoms with Crippen molar-refractivity contribution in [3.05, 3.63) is 0 Å². The maximum Gasteiger partial charge on any atom is 0.472 e. The second kappa shape index (κ2) is 62.5. The maximum atomic E-state index is 13.0. The SMILES string of the molecule is CCCCCCCCCCCCCCCCCCCCCC(=O)O[C@H](COC(=O)CCCCCCCCCCCCCCC)COP(=O)(O)OC[C@@H](O)COP(=O)(O)OC[C@@H](COC(=O)CCCCCCC)OC(=O)CCCCCCCCCCC(C)C. The van der Waals surface area contributed by atoms with Crippen molar-refractivity contribution in [1.29, 1.82) is 0 Å². The molecule has 0 aliphatic carbocycles. The summed E-state index contributed by atoms with van der Waals surface area (Å²) in [6.07, 6.45) is 49.1. The first-order valence-electron chi connectivity index (χ1n) is 36.1. The van der Waals surface area contributed by atoms with E-state index in [-0.39, 0.29) is 25.7 Å². The summed E-state index contributed by atoms with van der Waals surface area (Å²) in [6, 6.07) is 0. The Bertz CT molecular complexity index is 1700. The largest absolute Gasteiger partial charge is 0.472 e. The van der Waals surface area contributed by atoms with Gasteiger partial charge in [-0.2, -0.15) is 0 Å². The van der Waals surface area contributed by atoms with Crippen molar-refractivity contribution in [2.75, 3.05) is 39.6 Å². The summed E-state index contributed by atoms with van der Waals surface area (Å²) < 4.78 is 68.0. The van der Waals surface area contributed by atoms with E-state index in [1.54, 1.807) is 0 Å². The van der Waals surface area contributed by atoms with E-state index < -0.39 is 97.5 Å². The van der Waals surface area contributed by atoms with Crippen molar-refractivity contribution in [2.45, 2.75) is 374 Å². The minimum atomic E-state index is -4.95. The average Bonchev–Trinajstić information content (AvgIpc) is 3.53. The van der Waals surface area contributed by atoms with Crippen LogP contribution < -0.4 is 0 Å². The molecule has 0 aliphatic heterocycles. The molecule has 88 heavy (non-hydrogen) atoms. The molecule has 0 rings (SSSR count). The Morgan fingerprint density at radius 1 is 0.307 bits per heavy atom. The molecule has 19 heteroatoms. The maximum absolute atomic E-state index is 13.0. The van der Waals surface area contributed by atoms with Gasteiger partial charge in [-0.15, -0.1) is 0 Å². The Balaban J connectivity index is 5.14. The van der Waals surface area contributed by atoms with Crippen LogP contribution in [0.15, 0.2) is 0 Å².